The first-order valence-corrected chi connectivity index (χ1v) is 10.0. The molecule has 0 saturated carbocycles. The van der Waals surface area contributed by atoms with E-state index in [1.54, 1.807) is 6.20 Å². The predicted octanol–water partition coefficient (Wildman–Crippen LogP) is 5.49. The van der Waals surface area contributed by atoms with E-state index in [-0.39, 0.29) is 5.41 Å². The second kappa shape index (κ2) is 6.66. The zero-order chi connectivity index (χ0) is 20.9. The number of hydrogen-bond donors (Lipinski definition) is 1. The minimum Gasteiger partial charge on any atom is -0.382 e. The van der Waals surface area contributed by atoms with Gasteiger partial charge in [-0.15, -0.1) is 0 Å². The summed E-state index contributed by atoms with van der Waals surface area (Å²) >= 11 is 0. The number of nitrogen functional groups attached to an aromatic ring is 1. The van der Waals surface area contributed by atoms with Gasteiger partial charge in [-0.05, 0) is 12.1 Å². The number of fused-ring (bicyclic) bond motifs is 2. The fourth-order valence-electron chi connectivity index (χ4n) is 3.83. The molecule has 5 nitrogen and oxygen atoms in total. The van der Waals surface area contributed by atoms with Gasteiger partial charge in [-0.25, -0.2) is 15.0 Å². The lowest BCUT2D eigenvalue weighted by molar-refractivity contribution is 0.543. The zero-order valence-corrected chi connectivity index (χ0v) is 17.3. The van der Waals surface area contributed by atoms with Crippen LogP contribution in [0, 0.1) is 0 Å². The topological polar surface area (TPSA) is 69.1 Å². The van der Waals surface area contributed by atoms with Gasteiger partial charge in [0.2, 0.25) is 0 Å². The summed E-state index contributed by atoms with van der Waals surface area (Å²) in [5.74, 6) is 1.43. The molecule has 0 aliphatic heterocycles. The van der Waals surface area contributed by atoms with E-state index >= 15 is 0 Å². The minimum atomic E-state index is -0.134. The molecular weight excluding hydrogens is 370 g/mol. The fourth-order valence-corrected chi connectivity index (χ4v) is 3.83. The smallest absolute Gasteiger partial charge is 0.150 e. The molecule has 0 amide bonds. The Labute approximate surface area is 175 Å². The van der Waals surface area contributed by atoms with Gasteiger partial charge in [0, 0.05) is 34.3 Å². The minimum absolute atomic E-state index is 0.134. The van der Waals surface area contributed by atoms with E-state index in [1.807, 2.05) is 24.4 Å². The average Bonchev–Trinajstić information content (AvgIpc) is 3.15. The third kappa shape index (κ3) is 2.99. The van der Waals surface area contributed by atoms with E-state index in [9.17, 15) is 0 Å². The fraction of sp³-hybridized carbons (Fsp3) is 0.160. The lowest BCUT2D eigenvalue weighted by Crippen LogP contribution is -2.16. The quantitative estimate of drug-likeness (QED) is 0.430. The van der Waals surface area contributed by atoms with Crippen LogP contribution in [-0.2, 0) is 5.41 Å². The van der Waals surface area contributed by atoms with Gasteiger partial charge in [0.15, 0.2) is 0 Å². The summed E-state index contributed by atoms with van der Waals surface area (Å²) < 4.78 is 2.05. The summed E-state index contributed by atoms with van der Waals surface area (Å²) in [7, 11) is 0. The van der Waals surface area contributed by atoms with Crippen molar-refractivity contribution in [2.75, 3.05) is 5.73 Å². The average molecular weight is 393 g/mol. The molecule has 0 saturated heterocycles. The largest absolute Gasteiger partial charge is 0.382 e. The Hall–Kier alpha value is -3.73. The Morgan fingerprint density at radius 3 is 2.40 bits per heavy atom. The monoisotopic (exact) mass is 393 g/mol. The number of rotatable bonds is 2. The van der Waals surface area contributed by atoms with E-state index in [1.165, 1.54) is 0 Å². The maximum atomic E-state index is 6.28. The van der Waals surface area contributed by atoms with Gasteiger partial charge in [-0.3, -0.25) is 4.40 Å². The number of nitrogens with two attached hydrogens (primary N) is 1. The Balaban J connectivity index is 1.73. The van der Waals surface area contributed by atoms with Crippen LogP contribution >= 0.6 is 0 Å². The van der Waals surface area contributed by atoms with Crippen molar-refractivity contribution in [3.05, 3.63) is 78.9 Å². The first-order valence-electron chi connectivity index (χ1n) is 10.0. The highest BCUT2D eigenvalue weighted by molar-refractivity contribution is 5.91. The van der Waals surface area contributed by atoms with Gasteiger partial charge in [0.05, 0.1) is 11.2 Å². The van der Waals surface area contributed by atoms with E-state index in [2.05, 4.69) is 72.6 Å². The molecule has 5 rings (SSSR count). The van der Waals surface area contributed by atoms with Crippen LogP contribution in [0.25, 0.3) is 38.9 Å². The first-order chi connectivity index (χ1) is 14.4. The second-order valence-corrected chi connectivity index (χ2v) is 8.54. The molecule has 30 heavy (non-hydrogen) atoms. The van der Waals surface area contributed by atoms with Gasteiger partial charge < -0.3 is 5.73 Å². The van der Waals surface area contributed by atoms with Gasteiger partial charge in [-0.2, -0.15) is 0 Å². The Bertz CT molecular complexity index is 1380. The van der Waals surface area contributed by atoms with E-state index in [0.717, 1.165) is 44.8 Å². The summed E-state index contributed by atoms with van der Waals surface area (Å²) in [6.07, 6.45) is 3.65. The number of aromatic nitrogens is 4. The molecule has 0 aliphatic carbocycles. The van der Waals surface area contributed by atoms with Crippen molar-refractivity contribution in [3.63, 3.8) is 0 Å². The van der Waals surface area contributed by atoms with Crippen LogP contribution in [0.1, 0.15) is 26.6 Å². The molecule has 0 spiro atoms. The van der Waals surface area contributed by atoms with Gasteiger partial charge >= 0.3 is 0 Å². The molecule has 3 heterocycles. The number of benzene rings is 2. The van der Waals surface area contributed by atoms with E-state index < -0.39 is 0 Å². The van der Waals surface area contributed by atoms with Crippen LogP contribution in [0.4, 0.5) is 5.82 Å². The third-order valence-corrected chi connectivity index (χ3v) is 5.29. The normalized spacial score (nSPS) is 12.0. The number of imidazole rings is 1. The van der Waals surface area contributed by atoms with Crippen molar-refractivity contribution in [2.24, 2.45) is 0 Å². The van der Waals surface area contributed by atoms with Crippen molar-refractivity contribution >= 4 is 22.2 Å². The van der Waals surface area contributed by atoms with Crippen LogP contribution in [0.3, 0.4) is 0 Å². The Kier molecular flexibility index (Phi) is 4.07. The van der Waals surface area contributed by atoms with Crippen molar-refractivity contribution in [1.82, 2.24) is 19.4 Å². The van der Waals surface area contributed by atoms with Gasteiger partial charge in [0.25, 0.3) is 0 Å². The van der Waals surface area contributed by atoms with Crippen molar-refractivity contribution < 1.29 is 0 Å². The summed E-state index contributed by atoms with van der Waals surface area (Å²) in [6.45, 7) is 6.45. The Morgan fingerprint density at radius 1 is 0.867 bits per heavy atom. The molecule has 0 aliphatic rings. The highest BCUT2D eigenvalue weighted by Gasteiger charge is 2.24. The maximum absolute atomic E-state index is 6.28. The SMILES string of the molecule is CC(C)(C)c1nc(-c2ccc3ccc(-c4ccccc4)nc3c2)c2c(N)nccn12. The zero-order valence-electron chi connectivity index (χ0n) is 17.3. The lowest BCUT2D eigenvalue weighted by atomic mass is 9.96. The second-order valence-electron chi connectivity index (χ2n) is 8.54. The number of pyridine rings is 1. The van der Waals surface area contributed by atoms with Crippen LogP contribution < -0.4 is 5.73 Å². The van der Waals surface area contributed by atoms with Crippen molar-refractivity contribution in [3.8, 4) is 22.5 Å². The van der Waals surface area contributed by atoms with E-state index in [0.29, 0.717) is 5.82 Å². The van der Waals surface area contributed by atoms with Crippen molar-refractivity contribution in [2.45, 2.75) is 26.2 Å². The number of anilines is 1. The first kappa shape index (κ1) is 18.3. The molecule has 0 unspecified atom stereocenters. The van der Waals surface area contributed by atoms with Crippen LogP contribution in [0.15, 0.2) is 73.1 Å². The molecule has 2 N–H and O–H groups in total. The molecule has 3 aromatic heterocycles. The molecule has 0 atom stereocenters. The molecular formula is C25H23N5. The third-order valence-electron chi connectivity index (χ3n) is 5.29. The van der Waals surface area contributed by atoms with Crippen LogP contribution in [-0.4, -0.2) is 19.4 Å². The molecule has 148 valence electrons. The number of nitrogens with zero attached hydrogens (tertiary/aromatic N) is 4. The molecule has 0 radical (unpaired) electrons. The Morgan fingerprint density at radius 2 is 1.63 bits per heavy atom. The molecule has 0 fully saturated rings. The number of hydrogen-bond acceptors (Lipinski definition) is 4. The maximum Gasteiger partial charge on any atom is 0.150 e. The van der Waals surface area contributed by atoms with Crippen LogP contribution in [0.5, 0.6) is 0 Å². The highest BCUT2D eigenvalue weighted by Crippen LogP contribution is 2.34. The highest BCUT2D eigenvalue weighted by atomic mass is 15.1. The molecule has 2 aromatic carbocycles. The molecule has 5 aromatic rings. The van der Waals surface area contributed by atoms with Gasteiger partial charge in [0.1, 0.15) is 22.9 Å². The van der Waals surface area contributed by atoms with Gasteiger partial charge in [-0.1, -0.05) is 69.3 Å². The molecule has 0 bridgehead atoms. The lowest BCUT2D eigenvalue weighted by Gasteiger charge is -2.16. The predicted molar refractivity (Wildman–Crippen MR) is 122 cm³/mol. The summed E-state index contributed by atoms with van der Waals surface area (Å²) in [4.78, 5) is 14.2. The summed E-state index contributed by atoms with van der Waals surface area (Å²) in [5, 5.41) is 1.09. The summed E-state index contributed by atoms with van der Waals surface area (Å²) in [5.41, 5.74) is 11.8. The summed E-state index contributed by atoms with van der Waals surface area (Å²) in [6, 6.07) is 20.6. The molecule has 5 heteroatoms. The van der Waals surface area contributed by atoms with Crippen molar-refractivity contribution in [1.29, 1.82) is 0 Å². The van der Waals surface area contributed by atoms with Crippen LogP contribution in [0.2, 0.25) is 0 Å². The van der Waals surface area contributed by atoms with E-state index in [4.69, 9.17) is 15.7 Å². The standard InChI is InChI=1S/C25H23N5/c1-25(2,3)24-29-21(22-23(26)27-13-14-30(22)24)18-10-9-17-11-12-19(28-20(17)15-18)16-7-5-4-6-8-16/h4-15H,1-3H3,(H2,26,27).